The molecule has 2 N–H and O–H groups in total. The largest absolute Gasteiger partial charge is 0.481 e. The molecule has 4 heterocycles. The average molecular weight is 849 g/mol. The summed E-state index contributed by atoms with van der Waals surface area (Å²) in [6.45, 7) is 16.6. The maximum absolute atomic E-state index is 13.0. The summed E-state index contributed by atoms with van der Waals surface area (Å²) in [4.78, 5) is 61.4. The smallest absolute Gasteiger partial charge is 0.410 e. The van der Waals surface area contributed by atoms with E-state index in [0.717, 1.165) is 83.5 Å². The Bertz CT molecular complexity index is 1620. The number of amides is 3. The van der Waals surface area contributed by atoms with Gasteiger partial charge >= 0.3 is 18.2 Å². The van der Waals surface area contributed by atoms with Gasteiger partial charge in [-0.2, -0.15) is 0 Å². The summed E-state index contributed by atoms with van der Waals surface area (Å²) < 4.78 is 10.7. The van der Waals surface area contributed by atoms with Crippen molar-refractivity contribution >= 4 is 24.1 Å². The molecule has 2 saturated heterocycles. The topological polar surface area (TPSA) is 154 Å². The van der Waals surface area contributed by atoms with E-state index in [2.05, 4.69) is 44.5 Å². The molecule has 0 unspecified atom stereocenters. The number of pyridine rings is 2. The van der Waals surface area contributed by atoms with Crippen LogP contribution >= 0.6 is 0 Å². The average Bonchev–Trinajstić information content (AvgIpc) is 3.24. The normalized spacial score (nSPS) is 22.6. The Morgan fingerprint density at radius 1 is 0.623 bits per heavy atom. The minimum atomic E-state index is -0.695. The van der Waals surface area contributed by atoms with Crippen molar-refractivity contribution in [1.29, 1.82) is 0 Å². The SMILES string of the molecule is CN(CC1CCC(C(=O)N2CCC(c3ccncc3)CC2)CC1)C(=O)OC(C)(C)C.CN(CC1CCC(C(=O)O)CC1)C(=O)OC(C)(C)C.c1cc(C2CCNCC2)ccn1. The van der Waals surface area contributed by atoms with E-state index >= 15 is 0 Å². The predicted molar refractivity (Wildman–Crippen MR) is 238 cm³/mol. The highest BCUT2D eigenvalue weighted by Gasteiger charge is 2.33. The fourth-order valence-corrected chi connectivity index (χ4v) is 8.91. The van der Waals surface area contributed by atoms with Crippen molar-refractivity contribution in [3.63, 3.8) is 0 Å². The van der Waals surface area contributed by atoms with Crippen LogP contribution in [0.5, 0.6) is 0 Å². The van der Waals surface area contributed by atoms with Crippen LogP contribution in [0.25, 0.3) is 0 Å². The molecule has 340 valence electrons. The first-order chi connectivity index (χ1) is 28.9. The van der Waals surface area contributed by atoms with Crippen molar-refractivity contribution in [2.45, 2.75) is 142 Å². The van der Waals surface area contributed by atoms with Crippen LogP contribution in [-0.4, -0.2) is 118 Å². The van der Waals surface area contributed by atoms with Gasteiger partial charge in [0.05, 0.1) is 5.92 Å². The number of carboxylic acid groups (broad SMARTS) is 1. The number of rotatable bonds is 8. The van der Waals surface area contributed by atoms with E-state index in [0.29, 0.717) is 49.6 Å². The molecule has 4 fully saturated rings. The molecule has 61 heavy (non-hydrogen) atoms. The molecule has 2 aromatic heterocycles. The predicted octanol–water partition coefficient (Wildman–Crippen LogP) is 8.75. The Hall–Kier alpha value is -4.26. The first-order valence-corrected chi connectivity index (χ1v) is 22.8. The maximum Gasteiger partial charge on any atom is 0.410 e. The van der Waals surface area contributed by atoms with Crippen molar-refractivity contribution in [2.75, 3.05) is 53.4 Å². The molecule has 0 spiro atoms. The second-order valence-corrected chi connectivity index (χ2v) is 19.7. The number of piperidine rings is 2. The molecule has 4 aliphatic rings. The van der Waals surface area contributed by atoms with Crippen LogP contribution in [0.4, 0.5) is 9.59 Å². The van der Waals surface area contributed by atoms with Gasteiger partial charge in [-0.25, -0.2) is 9.59 Å². The van der Waals surface area contributed by atoms with E-state index in [4.69, 9.17) is 14.6 Å². The zero-order valence-electron chi connectivity index (χ0n) is 38.4. The lowest BCUT2D eigenvalue weighted by molar-refractivity contribution is -0.143. The number of ether oxygens (including phenoxy) is 2. The van der Waals surface area contributed by atoms with Crippen LogP contribution < -0.4 is 5.32 Å². The van der Waals surface area contributed by atoms with Gasteiger partial charge in [-0.15, -0.1) is 0 Å². The van der Waals surface area contributed by atoms with Gasteiger partial charge in [0.2, 0.25) is 5.91 Å². The minimum absolute atomic E-state index is 0.144. The van der Waals surface area contributed by atoms with Gasteiger partial charge in [0.15, 0.2) is 0 Å². The number of nitrogens with zero attached hydrogens (tertiary/aromatic N) is 5. The molecule has 3 amide bonds. The van der Waals surface area contributed by atoms with Crippen LogP contribution in [0.2, 0.25) is 0 Å². The fourth-order valence-electron chi connectivity index (χ4n) is 8.91. The monoisotopic (exact) mass is 849 g/mol. The Morgan fingerprint density at radius 3 is 1.38 bits per heavy atom. The zero-order chi connectivity index (χ0) is 44.6. The standard InChI is InChI=1S/C24H37N3O3.C14H25NO4.C10H14N2/c1-24(2,3)30-23(29)26(4)17-18-5-7-21(8-6-18)22(28)27-15-11-20(12-16-27)19-9-13-25-14-10-19;1-14(2,3)19-13(18)15(4)9-10-5-7-11(8-6-10)12(16)17;1-5-11-6-2-9(1)10-3-7-12-8-4-10/h9-10,13-14,18,20-21H,5-8,11-12,15-17H2,1-4H3;10-11H,5-9H2,1-4H3,(H,16,17);1-2,5-6,10,12H,3-4,7-8H2. The van der Waals surface area contributed by atoms with Crippen molar-refractivity contribution < 1.29 is 33.8 Å². The summed E-state index contributed by atoms with van der Waals surface area (Å²) in [5, 5.41) is 12.3. The summed E-state index contributed by atoms with van der Waals surface area (Å²) in [6.07, 6.45) is 18.5. The molecule has 2 aliphatic heterocycles. The highest BCUT2D eigenvalue weighted by atomic mass is 16.6. The van der Waals surface area contributed by atoms with Crippen LogP contribution in [-0.2, 0) is 19.1 Å². The maximum atomic E-state index is 13.0. The minimum Gasteiger partial charge on any atom is -0.481 e. The quantitative estimate of drug-likeness (QED) is 0.264. The lowest BCUT2D eigenvalue weighted by atomic mass is 9.80. The van der Waals surface area contributed by atoms with E-state index in [9.17, 15) is 19.2 Å². The molecule has 0 bridgehead atoms. The van der Waals surface area contributed by atoms with Crippen molar-refractivity contribution in [1.82, 2.24) is 30.0 Å². The van der Waals surface area contributed by atoms with Gasteiger partial charge in [0.1, 0.15) is 11.2 Å². The molecule has 0 radical (unpaired) electrons. The van der Waals surface area contributed by atoms with Crippen LogP contribution in [0.3, 0.4) is 0 Å². The number of aromatic nitrogens is 2. The summed E-state index contributed by atoms with van der Waals surface area (Å²) in [6, 6.07) is 8.46. The van der Waals surface area contributed by atoms with E-state index in [1.54, 1.807) is 23.9 Å². The molecule has 2 aliphatic carbocycles. The Kier molecular flexibility index (Phi) is 19.3. The molecular weight excluding hydrogens is 773 g/mol. The van der Waals surface area contributed by atoms with Crippen LogP contribution in [0.1, 0.15) is 142 Å². The number of carbonyl (C=O) groups is 4. The number of carbonyl (C=O) groups excluding carboxylic acids is 3. The number of carboxylic acids is 1. The van der Waals surface area contributed by atoms with Gasteiger partial charge in [0, 0.05) is 71.0 Å². The van der Waals surface area contributed by atoms with Gasteiger partial charge in [0.25, 0.3) is 0 Å². The van der Waals surface area contributed by atoms with E-state index in [1.807, 2.05) is 66.3 Å². The third-order valence-electron chi connectivity index (χ3n) is 12.4. The fraction of sp³-hybridized carbons (Fsp3) is 0.708. The van der Waals surface area contributed by atoms with E-state index in [1.165, 1.54) is 24.0 Å². The summed E-state index contributed by atoms with van der Waals surface area (Å²) in [5.74, 6) is 1.71. The summed E-state index contributed by atoms with van der Waals surface area (Å²) in [5.41, 5.74) is 1.84. The highest BCUT2D eigenvalue weighted by molar-refractivity contribution is 5.79. The number of hydrogen-bond donors (Lipinski definition) is 2. The molecule has 2 saturated carbocycles. The molecule has 13 heteroatoms. The molecule has 0 aromatic carbocycles. The Morgan fingerprint density at radius 2 is 1.00 bits per heavy atom. The zero-order valence-corrected chi connectivity index (χ0v) is 38.4. The molecule has 13 nitrogen and oxygen atoms in total. The first-order valence-electron chi connectivity index (χ1n) is 22.8. The number of aliphatic carboxylic acids is 1. The third kappa shape index (κ3) is 17.6. The van der Waals surface area contributed by atoms with Gasteiger partial charge in [-0.3, -0.25) is 19.6 Å². The Labute approximate surface area is 365 Å². The lowest BCUT2D eigenvalue weighted by Gasteiger charge is -2.37. The van der Waals surface area contributed by atoms with Crippen molar-refractivity contribution in [3.8, 4) is 0 Å². The third-order valence-corrected chi connectivity index (χ3v) is 12.4. The summed E-state index contributed by atoms with van der Waals surface area (Å²) in [7, 11) is 3.54. The van der Waals surface area contributed by atoms with E-state index in [-0.39, 0.29) is 24.0 Å². The van der Waals surface area contributed by atoms with Crippen molar-refractivity contribution in [2.24, 2.45) is 23.7 Å². The van der Waals surface area contributed by atoms with Gasteiger partial charge in [-0.05, 0) is 191 Å². The second kappa shape index (κ2) is 23.8. The van der Waals surface area contributed by atoms with E-state index < -0.39 is 17.2 Å². The second-order valence-electron chi connectivity index (χ2n) is 19.7. The summed E-state index contributed by atoms with van der Waals surface area (Å²) >= 11 is 0. The van der Waals surface area contributed by atoms with Gasteiger partial charge < -0.3 is 34.6 Å². The first kappa shape index (κ1) is 49.4. The number of hydrogen-bond acceptors (Lipinski definition) is 9. The molecule has 6 rings (SSSR count). The molecule has 0 atom stereocenters. The Balaban J connectivity index is 0.000000224. The highest BCUT2D eigenvalue weighted by Crippen LogP contribution is 2.34. The molecule has 2 aromatic rings. The lowest BCUT2D eigenvalue weighted by Crippen LogP contribution is -2.43. The van der Waals surface area contributed by atoms with Crippen LogP contribution in [0.15, 0.2) is 49.1 Å². The van der Waals surface area contributed by atoms with Crippen LogP contribution in [0, 0.1) is 23.7 Å². The molecular formula is C48H76N6O7. The number of nitrogens with one attached hydrogen (secondary N) is 1. The van der Waals surface area contributed by atoms with Gasteiger partial charge in [-0.1, -0.05) is 0 Å². The number of likely N-dealkylation sites (tertiary alicyclic amines) is 1. The van der Waals surface area contributed by atoms with Crippen molar-refractivity contribution in [3.05, 3.63) is 60.2 Å².